The first-order valence-electron chi connectivity index (χ1n) is 8.83. The fourth-order valence-corrected chi connectivity index (χ4v) is 3.50. The van der Waals surface area contributed by atoms with E-state index in [1.807, 2.05) is 18.1 Å². The first-order valence-corrected chi connectivity index (χ1v) is 8.83. The van der Waals surface area contributed by atoms with Crippen LogP contribution >= 0.6 is 0 Å². The summed E-state index contributed by atoms with van der Waals surface area (Å²) in [6.07, 6.45) is 6.40. The van der Waals surface area contributed by atoms with Gasteiger partial charge in [-0.3, -0.25) is 14.3 Å². The van der Waals surface area contributed by atoms with Crippen molar-refractivity contribution < 1.29 is 19.1 Å². The molecule has 1 unspecified atom stereocenters. The number of carbonyl (C=O) groups is 2. The molecular weight excluding hydrogens is 324 g/mol. The molecule has 2 amide bonds. The van der Waals surface area contributed by atoms with Gasteiger partial charge in [-0.05, 0) is 18.8 Å². The van der Waals surface area contributed by atoms with E-state index in [0.29, 0.717) is 45.2 Å². The lowest BCUT2D eigenvalue weighted by molar-refractivity contribution is -0.149. The summed E-state index contributed by atoms with van der Waals surface area (Å²) in [6.45, 7) is 2.28. The van der Waals surface area contributed by atoms with Gasteiger partial charge in [0.2, 0.25) is 5.91 Å². The van der Waals surface area contributed by atoms with Crippen LogP contribution in [0.3, 0.4) is 0 Å². The van der Waals surface area contributed by atoms with E-state index in [0.717, 1.165) is 18.5 Å². The van der Waals surface area contributed by atoms with Crippen LogP contribution in [0.5, 0.6) is 0 Å². The number of amides is 2. The van der Waals surface area contributed by atoms with E-state index in [-0.39, 0.29) is 18.4 Å². The van der Waals surface area contributed by atoms with Crippen molar-refractivity contribution >= 4 is 17.5 Å². The number of hydrogen-bond donors (Lipinski definition) is 0. The summed E-state index contributed by atoms with van der Waals surface area (Å²) in [5, 5.41) is 4.15. The second-order valence-electron chi connectivity index (χ2n) is 7.34. The Morgan fingerprint density at radius 2 is 2.24 bits per heavy atom. The van der Waals surface area contributed by atoms with Gasteiger partial charge in [-0.25, -0.2) is 0 Å². The second kappa shape index (κ2) is 6.42. The van der Waals surface area contributed by atoms with Crippen LogP contribution in [-0.2, 0) is 26.1 Å². The summed E-state index contributed by atoms with van der Waals surface area (Å²) in [4.78, 5) is 28.4. The lowest BCUT2D eigenvalue weighted by Gasteiger charge is -2.42. The number of nitrogens with zero attached hydrogens (tertiary/aromatic N) is 4. The number of rotatable bonds is 3. The molecule has 3 fully saturated rings. The Balaban J connectivity index is 1.51. The third-order valence-electron chi connectivity index (χ3n) is 5.11. The molecule has 1 spiro atoms. The molecular formula is C17H24N4O4. The van der Waals surface area contributed by atoms with Crippen LogP contribution in [0.1, 0.15) is 19.3 Å². The lowest BCUT2D eigenvalue weighted by atomic mass is 10.0. The van der Waals surface area contributed by atoms with E-state index in [9.17, 15) is 9.59 Å². The third-order valence-corrected chi connectivity index (χ3v) is 5.11. The Hall–Kier alpha value is -1.93. The zero-order valence-corrected chi connectivity index (χ0v) is 14.5. The topological polar surface area (TPSA) is 76.9 Å². The van der Waals surface area contributed by atoms with Crippen LogP contribution in [0.15, 0.2) is 12.4 Å². The predicted molar refractivity (Wildman–Crippen MR) is 89.0 cm³/mol. The number of hydrogen-bond acceptors (Lipinski definition) is 5. The van der Waals surface area contributed by atoms with Crippen molar-refractivity contribution in [2.24, 2.45) is 13.0 Å². The van der Waals surface area contributed by atoms with Crippen LogP contribution in [0.25, 0.3) is 0 Å². The normalized spacial score (nSPS) is 27.6. The molecule has 25 heavy (non-hydrogen) atoms. The Morgan fingerprint density at radius 1 is 1.40 bits per heavy atom. The zero-order chi connectivity index (χ0) is 17.4. The van der Waals surface area contributed by atoms with Crippen molar-refractivity contribution in [1.29, 1.82) is 0 Å². The van der Waals surface area contributed by atoms with Crippen molar-refractivity contribution in [2.75, 3.05) is 44.4 Å². The largest absolute Gasteiger partial charge is 0.376 e. The third kappa shape index (κ3) is 3.55. The molecule has 2 aliphatic heterocycles. The number of anilines is 1. The maximum atomic E-state index is 12.6. The predicted octanol–water partition coefficient (Wildman–Crippen LogP) is 0.181. The van der Waals surface area contributed by atoms with Gasteiger partial charge in [0.1, 0.15) is 12.2 Å². The van der Waals surface area contributed by atoms with Crippen molar-refractivity contribution in [2.45, 2.75) is 24.9 Å². The van der Waals surface area contributed by atoms with E-state index in [4.69, 9.17) is 9.47 Å². The maximum absolute atomic E-state index is 12.6. The fraction of sp³-hybridized carbons (Fsp3) is 0.706. The van der Waals surface area contributed by atoms with Gasteiger partial charge >= 0.3 is 0 Å². The fourth-order valence-electron chi connectivity index (χ4n) is 3.50. The van der Waals surface area contributed by atoms with Gasteiger partial charge in [0.15, 0.2) is 0 Å². The minimum Gasteiger partial charge on any atom is -0.376 e. The Morgan fingerprint density at radius 3 is 2.96 bits per heavy atom. The zero-order valence-electron chi connectivity index (χ0n) is 14.5. The summed E-state index contributed by atoms with van der Waals surface area (Å²) in [5.41, 5.74) is 0.0645. The van der Waals surface area contributed by atoms with Crippen molar-refractivity contribution in [3.8, 4) is 0 Å². The van der Waals surface area contributed by atoms with Crippen molar-refractivity contribution in [3.63, 3.8) is 0 Å². The van der Waals surface area contributed by atoms with Crippen LogP contribution in [-0.4, -0.2) is 71.6 Å². The first-order chi connectivity index (χ1) is 12.0. The summed E-state index contributed by atoms with van der Waals surface area (Å²) >= 11 is 0. The lowest BCUT2D eigenvalue weighted by Crippen LogP contribution is -2.61. The molecule has 1 atom stereocenters. The molecule has 136 valence electrons. The van der Waals surface area contributed by atoms with Gasteiger partial charge in [-0.15, -0.1) is 0 Å². The minimum absolute atomic E-state index is 0.0110. The molecule has 2 saturated heterocycles. The molecule has 8 heteroatoms. The summed E-state index contributed by atoms with van der Waals surface area (Å²) in [5.74, 6) is 0.618. The van der Waals surface area contributed by atoms with Crippen LogP contribution < -0.4 is 4.90 Å². The number of carbonyl (C=O) groups excluding carboxylic acids is 2. The van der Waals surface area contributed by atoms with Gasteiger partial charge in [0.25, 0.3) is 5.91 Å². The van der Waals surface area contributed by atoms with Crippen LogP contribution in [0.2, 0.25) is 0 Å². The first kappa shape index (κ1) is 16.5. The molecule has 8 nitrogen and oxygen atoms in total. The van der Waals surface area contributed by atoms with Gasteiger partial charge < -0.3 is 19.3 Å². The van der Waals surface area contributed by atoms with E-state index >= 15 is 0 Å². The number of ether oxygens (including phenoxy) is 2. The summed E-state index contributed by atoms with van der Waals surface area (Å²) < 4.78 is 13.3. The molecule has 1 aromatic heterocycles. The number of morpholine rings is 1. The maximum Gasteiger partial charge on any atom is 0.253 e. The SMILES string of the molecule is Cn1cc(N2CC3(COCCN(C(=O)CC4CC4)C3)OCC2=O)cn1. The van der Waals surface area contributed by atoms with Crippen LogP contribution in [0.4, 0.5) is 5.69 Å². The van der Waals surface area contributed by atoms with Crippen LogP contribution in [0, 0.1) is 5.92 Å². The summed E-state index contributed by atoms with van der Waals surface area (Å²) in [7, 11) is 1.82. The Labute approximate surface area is 146 Å². The molecule has 1 aliphatic carbocycles. The minimum atomic E-state index is -0.681. The molecule has 4 rings (SSSR count). The molecule has 0 radical (unpaired) electrons. The van der Waals surface area contributed by atoms with Gasteiger partial charge in [-0.2, -0.15) is 5.10 Å². The molecule has 1 aromatic rings. The molecule has 0 aromatic carbocycles. The van der Waals surface area contributed by atoms with Crippen molar-refractivity contribution in [1.82, 2.24) is 14.7 Å². The number of aromatic nitrogens is 2. The van der Waals surface area contributed by atoms with E-state index in [1.165, 1.54) is 0 Å². The highest BCUT2D eigenvalue weighted by Crippen LogP contribution is 2.34. The smallest absolute Gasteiger partial charge is 0.253 e. The molecule has 0 bridgehead atoms. The average molecular weight is 348 g/mol. The van der Waals surface area contributed by atoms with E-state index < -0.39 is 5.60 Å². The average Bonchev–Trinajstić information content (AvgIpc) is 3.34. The summed E-state index contributed by atoms with van der Waals surface area (Å²) in [6, 6.07) is 0. The second-order valence-corrected chi connectivity index (χ2v) is 7.34. The van der Waals surface area contributed by atoms with Gasteiger partial charge in [-0.1, -0.05) is 0 Å². The highest BCUT2D eigenvalue weighted by Gasteiger charge is 2.44. The van der Waals surface area contributed by atoms with Crippen molar-refractivity contribution in [3.05, 3.63) is 12.4 Å². The highest BCUT2D eigenvalue weighted by atomic mass is 16.6. The van der Waals surface area contributed by atoms with Gasteiger partial charge in [0, 0.05) is 26.2 Å². The Kier molecular flexibility index (Phi) is 4.24. The monoisotopic (exact) mass is 348 g/mol. The van der Waals surface area contributed by atoms with E-state index in [1.54, 1.807) is 15.8 Å². The van der Waals surface area contributed by atoms with Gasteiger partial charge in [0.05, 0.1) is 38.2 Å². The Bertz CT molecular complexity index is 671. The quantitative estimate of drug-likeness (QED) is 0.779. The molecule has 0 N–H and O–H groups in total. The number of aryl methyl sites for hydroxylation is 1. The molecule has 3 aliphatic rings. The van der Waals surface area contributed by atoms with E-state index in [2.05, 4.69) is 5.10 Å². The highest BCUT2D eigenvalue weighted by molar-refractivity contribution is 5.95. The molecule has 1 saturated carbocycles. The standard InChI is InChI=1S/C17H24N4O4/c1-19-8-14(7-18-19)21-11-17(25-9-16(21)23)10-20(4-5-24-12-17)15(22)6-13-2-3-13/h7-8,13H,2-6,9-12H2,1H3. The molecule has 3 heterocycles.